The third kappa shape index (κ3) is 4.79. The minimum atomic E-state index is -0.0330. The number of nitrogens with one attached hydrogen (secondary N) is 1. The summed E-state index contributed by atoms with van der Waals surface area (Å²) in [4.78, 5) is 4.34. The van der Waals surface area contributed by atoms with E-state index in [1.54, 1.807) is 12.1 Å². The topological polar surface area (TPSA) is 89.1 Å². The number of aliphatic imine (C=N–C) groups is 1. The maximum Gasteiger partial charge on any atom is 0.200 e. The van der Waals surface area contributed by atoms with Gasteiger partial charge < -0.3 is 25.6 Å². The molecule has 2 aromatic rings. The number of benzene rings is 2. The van der Waals surface area contributed by atoms with Crippen LogP contribution in [0.1, 0.15) is 30.9 Å². The standard InChI is InChI=1S/C19H25N3O3/c1-12(2)14-6-5-7-15(10-14)22-19(20)21-11-13-8-16(24-3)18(23)17(9-13)25-4/h5-10,12,23H,11H2,1-4H3,(H3,20,21,22). The first-order chi connectivity index (χ1) is 11.9. The molecule has 2 aromatic carbocycles. The van der Waals surface area contributed by atoms with Gasteiger partial charge in [-0.15, -0.1) is 0 Å². The molecule has 0 atom stereocenters. The normalized spacial score (nSPS) is 11.5. The minimum Gasteiger partial charge on any atom is -0.502 e. The van der Waals surface area contributed by atoms with Gasteiger partial charge in [-0.05, 0) is 41.3 Å². The first-order valence-corrected chi connectivity index (χ1v) is 8.05. The highest BCUT2D eigenvalue weighted by Gasteiger charge is 2.11. The average molecular weight is 343 g/mol. The predicted molar refractivity (Wildman–Crippen MR) is 101 cm³/mol. The van der Waals surface area contributed by atoms with Gasteiger partial charge in [0.1, 0.15) is 0 Å². The fraction of sp³-hybridized carbons (Fsp3) is 0.316. The van der Waals surface area contributed by atoms with E-state index in [0.717, 1.165) is 11.3 Å². The Morgan fingerprint density at radius 3 is 2.36 bits per heavy atom. The van der Waals surface area contributed by atoms with Gasteiger partial charge in [-0.25, -0.2) is 4.99 Å². The first-order valence-electron chi connectivity index (χ1n) is 8.05. The highest BCUT2D eigenvalue weighted by molar-refractivity contribution is 5.92. The third-order valence-electron chi connectivity index (χ3n) is 3.80. The molecule has 0 aromatic heterocycles. The smallest absolute Gasteiger partial charge is 0.200 e. The number of guanidine groups is 1. The van der Waals surface area contributed by atoms with Crippen LogP contribution in [0.3, 0.4) is 0 Å². The van der Waals surface area contributed by atoms with E-state index in [-0.39, 0.29) is 5.75 Å². The van der Waals surface area contributed by atoms with Crippen LogP contribution < -0.4 is 20.5 Å². The van der Waals surface area contributed by atoms with Crippen LogP contribution in [0.4, 0.5) is 5.69 Å². The SMILES string of the molecule is COc1cc(CN=C(N)Nc2cccc(C(C)C)c2)cc(OC)c1O. The molecule has 2 rings (SSSR count). The van der Waals surface area contributed by atoms with E-state index in [9.17, 15) is 5.11 Å². The molecule has 6 nitrogen and oxygen atoms in total. The van der Waals surface area contributed by atoms with Gasteiger partial charge in [-0.1, -0.05) is 26.0 Å². The summed E-state index contributed by atoms with van der Waals surface area (Å²) in [6, 6.07) is 11.5. The summed E-state index contributed by atoms with van der Waals surface area (Å²) in [5.41, 5.74) is 8.91. The Morgan fingerprint density at radius 2 is 1.80 bits per heavy atom. The molecule has 0 aliphatic heterocycles. The summed E-state index contributed by atoms with van der Waals surface area (Å²) < 4.78 is 10.3. The Labute approximate surface area is 148 Å². The van der Waals surface area contributed by atoms with Crippen LogP contribution in [0.25, 0.3) is 0 Å². The number of hydrogen-bond acceptors (Lipinski definition) is 4. The minimum absolute atomic E-state index is 0.0330. The van der Waals surface area contributed by atoms with E-state index in [4.69, 9.17) is 15.2 Å². The van der Waals surface area contributed by atoms with Gasteiger partial charge >= 0.3 is 0 Å². The van der Waals surface area contributed by atoms with Crippen LogP contribution in [-0.4, -0.2) is 25.3 Å². The molecule has 0 saturated carbocycles. The van der Waals surface area contributed by atoms with Crippen LogP contribution in [-0.2, 0) is 6.54 Å². The van der Waals surface area contributed by atoms with E-state index >= 15 is 0 Å². The van der Waals surface area contributed by atoms with Gasteiger partial charge in [0.05, 0.1) is 20.8 Å². The van der Waals surface area contributed by atoms with Crippen LogP contribution in [0.2, 0.25) is 0 Å². The van der Waals surface area contributed by atoms with E-state index in [1.807, 2.05) is 12.1 Å². The molecule has 0 bridgehead atoms. The molecule has 0 fully saturated rings. The summed E-state index contributed by atoms with van der Waals surface area (Å²) in [5.74, 6) is 1.39. The van der Waals surface area contributed by atoms with Gasteiger partial charge in [-0.2, -0.15) is 0 Å². The zero-order valence-corrected chi connectivity index (χ0v) is 15.0. The highest BCUT2D eigenvalue weighted by Crippen LogP contribution is 2.37. The molecule has 6 heteroatoms. The number of aromatic hydroxyl groups is 1. The lowest BCUT2D eigenvalue weighted by Crippen LogP contribution is -2.22. The summed E-state index contributed by atoms with van der Waals surface area (Å²) in [7, 11) is 2.97. The number of phenols is 1. The average Bonchev–Trinajstić information content (AvgIpc) is 2.61. The summed E-state index contributed by atoms with van der Waals surface area (Å²) in [5, 5.41) is 13.0. The van der Waals surface area contributed by atoms with Crippen LogP contribution in [0, 0.1) is 0 Å². The molecule has 0 aliphatic carbocycles. The predicted octanol–water partition coefficient (Wildman–Crippen LogP) is 3.46. The second-order valence-electron chi connectivity index (χ2n) is 5.96. The zero-order chi connectivity index (χ0) is 18.4. The first kappa shape index (κ1) is 18.4. The Morgan fingerprint density at radius 1 is 1.16 bits per heavy atom. The number of hydrogen-bond donors (Lipinski definition) is 3. The highest BCUT2D eigenvalue weighted by atomic mass is 16.5. The van der Waals surface area contributed by atoms with Gasteiger partial charge in [0, 0.05) is 5.69 Å². The number of rotatable bonds is 6. The summed E-state index contributed by atoms with van der Waals surface area (Å²) >= 11 is 0. The quantitative estimate of drug-likeness (QED) is 0.552. The molecule has 4 N–H and O–H groups in total. The van der Waals surface area contributed by atoms with E-state index in [2.05, 4.69) is 36.3 Å². The van der Waals surface area contributed by atoms with Crippen LogP contribution in [0.15, 0.2) is 41.4 Å². The molecular formula is C19H25N3O3. The Bertz CT molecular complexity index is 732. The maximum atomic E-state index is 9.93. The molecule has 0 radical (unpaired) electrons. The molecule has 0 unspecified atom stereocenters. The molecule has 25 heavy (non-hydrogen) atoms. The van der Waals surface area contributed by atoms with E-state index in [1.165, 1.54) is 19.8 Å². The van der Waals surface area contributed by atoms with Crippen LogP contribution >= 0.6 is 0 Å². The third-order valence-corrected chi connectivity index (χ3v) is 3.80. The molecule has 0 spiro atoms. The van der Waals surface area contributed by atoms with Gasteiger partial charge in [0.2, 0.25) is 5.75 Å². The largest absolute Gasteiger partial charge is 0.502 e. The molecule has 0 heterocycles. The second kappa shape index (κ2) is 8.28. The number of nitrogens with zero attached hydrogens (tertiary/aromatic N) is 1. The van der Waals surface area contributed by atoms with Crippen molar-refractivity contribution in [2.24, 2.45) is 10.7 Å². The van der Waals surface area contributed by atoms with Gasteiger partial charge in [0.25, 0.3) is 0 Å². The lowest BCUT2D eigenvalue weighted by molar-refractivity contribution is 0.339. The lowest BCUT2D eigenvalue weighted by Gasteiger charge is -2.11. The Hall–Kier alpha value is -2.89. The van der Waals surface area contributed by atoms with Gasteiger partial charge in [-0.3, -0.25) is 0 Å². The van der Waals surface area contributed by atoms with Crippen molar-refractivity contribution in [1.82, 2.24) is 0 Å². The van der Waals surface area contributed by atoms with Crippen molar-refractivity contribution in [3.63, 3.8) is 0 Å². The maximum absolute atomic E-state index is 9.93. The van der Waals surface area contributed by atoms with Crippen molar-refractivity contribution in [3.05, 3.63) is 47.5 Å². The van der Waals surface area contributed by atoms with Crippen molar-refractivity contribution in [1.29, 1.82) is 0 Å². The van der Waals surface area contributed by atoms with Gasteiger partial charge in [0.15, 0.2) is 17.5 Å². The molecule has 0 aliphatic rings. The molecule has 0 saturated heterocycles. The monoisotopic (exact) mass is 343 g/mol. The number of methoxy groups -OCH3 is 2. The number of phenolic OH excluding ortho intramolecular Hbond substituents is 1. The number of nitrogens with two attached hydrogens (primary N) is 1. The van der Waals surface area contributed by atoms with Crippen molar-refractivity contribution in [2.45, 2.75) is 26.3 Å². The number of anilines is 1. The fourth-order valence-corrected chi connectivity index (χ4v) is 2.38. The summed E-state index contributed by atoms with van der Waals surface area (Å²) in [6.45, 7) is 4.61. The van der Waals surface area contributed by atoms with Crippen LogP contribution in [0.5, 0.6) is 17.2 Å². The molecular weight excluding hydrogens is 318 g/mol. The zero-order valence-electron chi connectivity index (χ0n) is 15.0. The second-order valence-corrected chi connectivity index (χ2v) is 5.96. The van der Waals surface area contributed by atoms with E-state index in [0.29, 0.717) is 29.9 Å². The summed E-state index contributed by atoms with van der Waals surface area (Å²) in [6.07, 6.45) is 0. The molecule has 134 valence electrons. The van der Waals surface area contributed by atoms with Crippen molar-refractivity contribution < 1.29 is 14.6 Å². The Kier molecular flexibility index (Phi) is 6.11. The molecule has 0 amide bonds. The fourth-order valence-electron chi connectivity index (χ4n) is 2.38. The Balaban J connectivity index is 2.12. The number of ether oxygens (including phenoxy) is 2. The lowest BCUT2D eigenvalue weighted by atomic mass is 10.0. The van der Waals surface area contributed by atoms with Crippen molar-refractivity contribution in [3.8, 4) is 17.2 Å². The van der Waals surface area contributed by atoms with E-state index < -0.39 is 0 Å². The van der Waals surface area contributed by atoms with Crippen molar-refractivity contribution >= 4 is 11.6 Å². The van der Waals surface area contributed by atoms with Crippen molar-refractivity contribution in [2.75, 3.05) is 19.5 Å².